The van der Waals surface area contributed by atoms with Gasteiger partial charge in [0, 0.05) is 12.6 Å². The van der Waals surface area contributed by atoms with Crippen LogP contribution >= 0.6 is 0 Å². The van der Waals surface area contributed by atoms with E-state index in [0.29, 0.717) is 24.9 Å². The quantitative estimate of drug-likeness (QED) is 0.821. The molecule has 1 aromatic carbocycles. The lowest BCUT2D eigenvalue weighted by molar-refractivity contribution is 0.245. The molecule has 0 bridgehead atoms. The third-order valence-corrected chi connectivity index (χ3v) is 3.11. The van der Waals surface area contributed by atoms with E-state index in [4.69, 9.17) is 10.5 Å². The number of urea groups is 1. The largest absolute Gasteiger partial charge is 0.495 e. The summed E-state index contributed by atoms with van der Waals surface area (Å²) in [4.78, 5) is 14.0. The number of para-hydroxylation sites is 2. The van der Waals surface area contributed by atoms with Gasteiger partial charge in [0.15, 0.2) is 0 Å². The summed E-state index contributed by atoms with van der Waals surface area (Å²) in [6.45, 7) is 1.15. The van der Waals surface area contributed by atoms with Crippen LogP contribution in [0, 0.1) is 0 Å². The van der Waals surface area contributed by atoms with Crippen LogP contribution in [0.1, 0.15) is 19.3 Å². The monoisotopic (exact) mass is 263 g/mol. The van der Waals surface area contributed by atoms with Crippen LogP contribution in [-0.4, -0.2) is 32.3 Å². The minimum Gasteiger partial charge on any atom is -0.495 e. The molecule has 0 spiro atoms. The van der Waals surface area contributed by atoms with Crippen molar-refractivity contribution < 1.29 is 9.53 Å². The Bertz CT molecular complexity index is 432. The van der Waals surface area contributed by atoms with Crippen molar-refractivity contribution in [1.82, 2.24) is 5.32 Å². The van der Waals surface area contributed by atoms with Crippen LogP contribution in [0.5, 0.6) is 5.75 Å². The molecular formula is C14H21N3O2. The van der Waals surface area contributed by atoms with Crippen molar-refractivity contribution in [2.75, 3.05) is 25.1 Å². The second kappa shape index (κ2) is 6.43. The van der Waals surface area contributed by atoms with Gasteiger partial charge in [-0.3, -0.25) is 4.90 Å². The highest BCUT2D eigenvalue weighted by Crippen LogP contribution is 2.28. The van der Waals surface area contributed by atoms with Crippen molar-refractivity contribution in [3.63, 3.8) is 0 Å². The number of nitrogens with zero attached hydrogens (tertiary/aromatic N) is 1. The summed E-state index contributed by atoms with van der Waals surface area (Å²) in [6, 6.07) is 7.81. The van der Waals surface area contributed by atoms with E-state index in [1.807, 2.05) is 24.3 Å². The summed E-state index contributed by atoms with van der Waals surface area (Å²) in [5.74, 6) is 0.700. The Hall–Kier alpha value is -1.75. The number of anilines is 1. The van der Waals surface area contributed by atoms with Crippen molar-refractivity contribution in [2.24, 2.45) is 5.73 Å². The Labute approximate surface area is 113 Å². The third-order valence-electron chi connectivity index (χ3n) is 3.11. The predicted octanol–water partition coefficient (Wildman–Crippen LogP) is 1.72. The van der Waals surface area contributed by atoms with Gasteiger partial charge in [-0.1, -0.05) is 12.1 Å². The Morgan fingerprint density at radius 3 is 2.84 bits per heavy atom. The Morgan fingerprint density at radius 1 is 1.47 bits per heavy atom. The second-order valence-electron chi connectivity index (χ2n) is 4.69. The number of ether oxygens (including phenoxy) is 1. The molecule has 19 heavy (non-hydrogen) atoms. The fraction of sp³-hybridized carbons (Fsp3) is 0.500. The molecule has 0 unspecified atom stereocenters. The van der Waals surface area contributed by atoms with E-state index in [0.717, 1.165) is 24.9 Å². The van der Waals surface area contributed by atoms with Crippen molar-refractivity contribution in [2.45, 2.75) is 25.3 Å². The summed E-state index contributed by atoms with van der Waals surface area (Å²) in [6.07, 6.45) is 2.90. The number of carbonyl (C=O) groups excluding carboxylic acids is 1. The maximum absolute atomic E-state index is 12.3. The standard InChI is InChI=1S/C14H21N3O2/c1-19-13-6-3-2-5-12(13)17(10-4-9-15)14(18)16-11-7-8-11/h2-3,5-6,11H,4,7-10,15H2,1H3,(H,16,18). The number of nitrogens with one attached hydrogen (secondary N) is 1. The lowest BCUT2D eigenvalue weighted by atomic mass is 10.2. The summed E-state index contributed by atoms with van der Waals surface area (Å²) in [5, 5.41) is 3.00. The molecule has 2 amide bonds. The molecule has 3 N–H and O–H groups in total. The van der Waals surface area contributed by atoms with Gasteiger partial charge in [-0.15, -0.1) is 0 Å². The SMILES string of the molecule is COc1ccccc1N(CCCN)C(=O)NC1CC1. The highest BCUT2D eigenvalue weighted by molar-refractivity contribution is 5.93. The van der Waals surface area contributed by atoms with Crippen molar-refractivity contribution in [1.29, 1.82) is 0 Å². The fourth-order valence-electron chi connectivity index (χ4n) is 1.91. The lowest BCUT2D eigenvalue weighted by Crippen LogP contribution is -2.42. The zero-order valence-corrected chi connectivity index (χ0v) is 11.3. The van der Waals surface area contributed by atoms with Crippen LogP contribution in [0.15, 0.2) is 24.3 Å². The molecule has 0 atom stereocenters. The number of nitrogens with two attached hydrogens (primary N) is 1. The van der Waals surface area contributed by atoms with Crippen LogP contribution in [-0.2, 0) is 0 Å². The molecule has 2 rings (SSSR count). The van der Waals surface area contributed by atoms with E-state index in [9.17, 15) is 4.79 Å². The van der Waals surface area contributed by atoms with Gasteiger partial charge in [-0.2, -0.15) is 0 Å². The van der Waals surface area contributed by atoms with Crippen LogP contribution in [0.4, 0.5) is 10.5 Å². The van der Waals surface area contributed by atoms with Crippen molar-refractivity contribution in [3.05, 3.63) is 24.3 Å². The van der Waals surface area contributed by atoms with E-state index < -0.39 is 0 Å². The van der Waals surface area contributed by atoms with Gasteiger partial charge >= 0.3 is 6.03 Å². The first-order valence-electron chi connectivity index (χ1n) is 6.67. The van der Waals surface area contributed by atoms with Crippen molar-refractivity contribution in [3.8, 4) is 5.75 Å². The maximum atomic E-state index is 12.3. The molecular weight excluding hydrogens is 242 g/mol. The van der Waals surface area contributed by atoms with Gasteiger partial charge in [0.2, 0.25) is 0 Å². The van der Waals surface area contributed by atoms with Crippen molar-refractivity contribution >= 4 is 11.7 Å². The molecule has 5 heteroatoms. The predicted molar refractivity (Wildman–Crippen MR) is 75.6 cm³/mol. The molecule has 1 aliphatic carbocycles. The van der Waals surface area contributed by atoms with Crippen LogP contribution < -0.4 is 20.7 Å². The van der Waals surface area contributed by atoms with E-state index in [1.54, 1.807) is 12.0 Å². The lowest BCUT2D eigenvalue weighted by Gasteiger charge is -2.24. The average molecular weight is 263 g/mol. The Balaban J connectivity index is 2.16. The summed E-state index contributed by atoms with van der Waals surface area (Å²) < 4.78 is 5.32. The number of hydrogen-bond donors (Lipinski definition) is 2. The fourth-order valence-corrected chi connectivity index (χ4v) is 1.91. The molecule has 1 fully saturated rings. The molecule has 1 aromatic rings. The molecule has 1 saturated carbocycles. The number of rotatable bonds is 6. The number of hydrogen-bond acceptors (Lipinski definition) is 3. The number of amides is 2. The molecule has 1 aliphatic rings. The number of benzene rings is 1. The van der Waals surface area contributed by atoms with E-state index in [-0.39, 0.29) is 6.03 Å². The zero-order valence-electron chi connectivity index (χ0n) is 11.3. The zero-order chi connectivity index (χ0) is 13.7. The van der Waals surface area contributed by atoms with Gasteiger partial charge in [-0.05, 0) is 37.9 Å². The van der Waals surface area contributed by atoms with Gasteiger partial charge in [0.05, 0.1) is 12.8 Å². The normalized spacial score (nSPS) is 14.0. The Kier molecular flexibility index (Phi) is 4.63. The summed E-state index contributed by atoms with van der Waals surface area (Å²) in [5.41, 5.74) is 6.34. The molecule has 0 aromatic heterocycles. The maximum Gasteiger partial charge on any atom is 0.322 e. The van der Waals surface area contributed by atoms with Crippen LogP contribution in [0.25, 0.3) is 0 Å². The van der Waals surface area contributed by atoms with Crippen LogP contribution in [0.2, 0.25) is 0 Å². The van der Waals surface area contributed by atoms with E-state index >= 15 is 0 Å². The van der Waals surface area contributed by atoms with Gasteiger partial charge in [0.25, 0.3) is 0 Å². The first kappa shape index (κ1) is 13.7. The van der Waals surface area contributed by atoms with E-state index in [1.165, 1.54) is 0 Å². The van der Waals surface area contributed by atoms with Crippen LogP contribution in [0.3, 0.4) is 0 Å². The Morgan fingerprint density at radius 2 is 2.21 bits per heavy atom. The minimum absolute atomic E-state index is 0.0690. The third kappa shape index (κ3) is 3.61. The highest BCUT2D eigenvalue weighted by atomic mass is 16.5. The summed E-state index contributed by atoms with van der Waals surface area (Å²) in [7, 11) is 1.61. The molecule has 0 saturated heterocycles. The average Bonchev–Trinajstić information content (AvgIpc) is 3.23. The van der Waals surface area contributed by atoms with Gasteiger partial charge in [0.1, 0.15) is 5.75 Å². The molecule has 0 aliphatic heterocycles. The molecule has 104 valence electrons. The van der Waals surface area contributed by atoms with Gasteiger partial charge < -0.3 is 15.8 Å². The first-order chi connectivity index (χ1) is 9.26. The smallest absolute Gasteiger partial charge is 0.322 e. The summed E-state index contributed by atoms with van der Waals surface area (Å²) >= 11 is 0. The molecule has 0 radical (unpaired) electrons. The van der Waals surface area contributed by atoms with Gasteiger partial charge in [-0.25, -0.2) is 4.79 Å². The topological polar surface area (TPSA) is 67.6 Å². The van der Waals surface area contributed by atoms with E-state index in [2.05, 4.69) is 5.32 Å². The number of methoxy groups -OCH3 is 1. The first-order valence-corrected chi connectivity index (χ1v) is 6.67. The second-order valence-corrected chi connectivity index (χ2v) is 4.69. The number of carbonyl (C=O) groups is 1. The highest BCUT2D eigenvalue weighted by Gasteiger charge is 2.27. The minimum atomic E-state index is -0.0690. The molecule has 5 nitrogen and oxygen atoms in total. The molecule has 0 heterocycles.